The first-order valence-electron chi connectivity index (χ1n) is 8.99. The molecule has 2 aromatic carbocycles. The summed E-state index contributed by atoms with van der Waals surface area (Å²) in [5, 5.41) is 21.9. The quantitative estimate of drug-likeness (QED) is 0.402. The molecule has 31 heavy (non-hydrogen) atoms. The summed E-state index contributed by atoms with van der Waals surface area (Å²) >= 11 is 15.0. The molecular weight excluding hydrogens is 479 g/mol. The van der Waals surface area contributed by atoms with E-state index in [1.807, 2.05) is 23.7 Å². The van der Waals surface area contributed by atoms with Crippen molar-refractivity contribution in [1.82, 2.24) is 14.8 Å². The summed E-state index contributed by atoms with van der Waals surface area (Å²) in [6.45, 7) is 0. The summed E-state index contributed by atoms with van der Waals surface area (Å²) in [7, 11) is 1.85. The number of carboxylic acids is 1. The second-order valence-electron chi connectivity index (χ2n) is 6.41. The van der Waals surface area contributed by atoms with Gasteiger partial charge in [0, 0.05) is 28.5 Å². The molecule has 1 amide bonds. The molecule has 0 spiro atoms. The van der Waals surface area contributed by atoms with Crippen LogP contribution in [0.3, 0.4) is 0 Å². The number of carbonyl (C=O) groups excluding carboxylic acids is 1. The number of nitrogens with zero attached hydrogens (tertiary/aromatic N) is 3. The Morgan fingerprint density at radius 2 is 1.94 bits per heavy atom. The SMILES string of the molecule is Cn1c(CSCc2ccc(Cl)cc2Cl)nnc1SCC(=O)Nc1cccc(C(=O)O)c1. The fourth-order valence-electron chi connectivity index (χ4n) is 2.54. The smallest absolute Gasteiger partial charge is 0.335 e. The van der Waals surface area contributed by atoms with Gasteiger partial charge in [0.05, 0.1) is 17.1 Å². The van der Waals surface area contributed by atoms with Gasteiger partial charge in [0.15, 0.2) is 5.16 Å². The molecule has 1 heterocycles. The highest BCUT2D eigenvalue weighted by atomic mass is 35.5. The number of anilines is 1. The second-order valence-corrected chi connectivity index (χ2v) is 9.18. The molecule has 0 aliphatic carbocycles. The molecule has 3 rings (SSSR count). The number of carboxylic acid groups (broad SMARTS) is 1. The second kappa shape index (κ2) is 10.9. The summed E-state index contributed by atoms with van der Waals surface area (Å²) in [6.07, 6.45) is 0. The topological polar surface area (TPSA) is 97.1 Å². The molecule has 11 heteroatoms. The van der Waals surface area contributed by atoms with E-state index >= 15 is 0 Å². The highest BCUT2D eigenvalue weighted by molar-refractivity contribution is 7.99. The monoisotopic (exact) mass is 496 g/mol. The summed E-state index contributed by atoms with van der Waals surface area (Å²) < 4.78 is 1.85. The minimum absolute atomic E-state index is 0.112. The van der Waals surface area contributed by atoms with Gasteiger partial charge in [-0.15, -0.1) is 22.0 Å². The number of hydrogen-bond acceptors (Lipinski definition) is 6. The van der Waals surface area contributed by atoms with Crippen molar-refractivity contribution in [2.24, 2.45) is 7.05 Å². The number of benzene rings is 2. The molecule has 7 nitrogen and oxygen atoms in total. The molecule has 0 unspecified atom stereocenters. The van der Waals surface area contributed by atoms with E-state index < -0.39 is 5.97 Å². The van der Waals surface area contributed by atoms with Crippen LogP contribution in [0.1, 0.15) is 21.7 Å². The van der Waals surface area contributed by atoms with Crippen LogP contribution in [0.25, 0.3) is 0 Å². The molecule has 162 valence electrons. The maximum Gasteiger partial charge on any atom is 0.335 e. The molecule has 0 saturated heterocycles. The first-order valence-corrected chi connectivity index (χ1v) is 11.9. The Hall–Kier alpha value is -2.20. The average Bonchev–Trinajstić information content (AvgIpc) is 3.08. The predicted octanol–water partition coefficient (Wildman–Crippen LogP) is 4.98. The number of hydrogen-bond donors (Lipinski definition) is 2. The van der Waals surface area contributed by atoms with Gasteiger partial charge in [0.1, 0.15) is 5.82 Å². The van der Waals surface area contributed by atoms with Crippen molar-refractivity contribution in [1.29, 1.82) is 0 Å². The van der Waals surface area contributed by atoms with Crippen molar-refractivity contribution < 1.29 is 14.7 Å². The van der Waals surface area contributed by atoms with Gasteiger partial charge in [-0.05, 0) is 35.9 Å². The van der Waals surface area contributed by atoms with Crippen molar-refractivity contribution in [3.05, 3.63) is 69.5 Å². The lowest BCUT2D eigenvalue weighted by molar-refractivity contribution is -0.113. The maximum absolute atomic E-state index is 12.2. The number of rotatable bonds is 9. The van der Waals surface area contributed by atoms with Crippen LogP contribution in [0.4, 0.5) is 5.69 Å². The number of thioether (sulfide) groups is 2. The van der Waals surface area contributed by atoms with E-state index in [1.54, 1.807) is 30.0 Å². The predicted molar refractivity (Wildman–Crippen MR) is 125 cm³/mol. The van der Waals surface area contributed by atoms with Gasteiger partial charge in [-0.1, -0.05) is 47.1 Å². The molecule has 0 atom stereocenters. The van der Waals surface area contributed by atoms with Crippen molar-refractivity contribution in [3.63, 3.8) is 0 Å². The molecule has 3 aromatic rings. The molecule has 2 N–H and O–H groups in total. The van der Waals surface area contributed by atoms with Crippen molar-refractivity contribution >= 4 is 64.3 Å². The Morgan fingerprint density at radius 1 is 1.13 bits per heavy atom. The molecule has 0 saturated carbocycles. The van der Waals surface area contributed by atoms with Crippen LogP contribution >= 0.6 is 46.7 Å². The van der Waals surface area contributed by atoms with Crippen LogP contribution in [0, 0.1) is 0 Å². The average molecular weight is 497 g/mol. The third-order valence-electron chi connectivity index (χ3n) is 4.15. The van der Waals surface area contributed by atoms with Crippen LogP contribution in [0.2, 0.25) is 10.0 Å². The van der Waals surface area contributed by atoms with E-state index in [0.29, 0.717) is 32.4 Å². The molecule has 0 bridgehead atoms. The van der Waals surface area contributed by atoms with Gasteiger partial charge in [0.25, 0.3) is 0 Å². The van der Waals surface area contributed by atoms with Crippen LogP contribution in [-0.4, -0.2) is 37.5 Å². The first kappa shape index (κ1) is 23.5. The highest BCUT2D eigenvalue weighted by Crippen LogP contribution is 2.26. The lowest BCUT2D eigenvalue weighted by atomic mass is 10.2. The number of halogens is 2. The van der Waals surface area contributed by atoms with E-state index in [2.05, 4.69) is 15.5 Å². The fourth-order valence-corrected chi connectivity index (χ4v) is 4.84. The lowest BCUT2D eigenvalue weighted by Gasteiger charge is -2.07. The zero-order valence-corrected chi connectivity index (χ0v) is 19.5. The minimum Gasteiger partial charge on any atom is -0.478 e. The molecular formula is C20H18Cl2N4O3S2. The van der Waals surface area contributed by atoms with Gasteiger partial charge in [0.2, 0.25) is 5.91 Å². The van der Waals surface area contributed by atoms with Crippen molar-refractivity contribution in [3.8, 4) is 0 Å². The van der Waals surface area contributed by atoms with E-state index in [4.69, 9.17) is 28.3 Å². The normalized spacial score (nSPS) is 10.8. The third-order valence-corrected chi connectivity index (χ3v) is 6.74. The minimum atomic E-state index is -1.05. The van der Waals surface area contributed by atoms with Crippen LogP contribution in [-0.2, 0) is 23.3 Å². The largest absolute Gasteiger partial charge is 0.478 e. The summed E-state index contributed by atoms with van der Waals surface area (Å²) in [6, 6.07) is 11.5. The maximum atomic E-state index is 12.2. The number of carbonyl (C=O) groups is 2. The molecule has 0 aliphatic heterocycles. The van der Waals surface area contributed by atoms with Gasteiger partial charge in [-0.3, -0.25) is 4.79 Å². The Balaban J connectivity index is 1.50. The zero-order valence-electron chi connectivity index (χ0n) is 16.3. The van der Waals surface area contributed by atoms with Gasteiger partial charge < -0.3 is 15.0 Å². The molecule has 0 radical (unpaired) electrons. The molecule has 1 aromatic heterocycles. The Bertz CT molecular complexity index is 1110. The number of nitrogens with one attached hydrogen (secondary N) is 1. The van der Waals surface area contributed by atoms with Gasteiger partial charge in [-0.2, -0.15) is 0 Å². The first-order chi connectivity index (χ1) is 14.8. The van der Waals surface area contributed by atoms with E-state index in [1.165, 1.54) is 23.9 Å². The standard InChI is InChI=1S/C20H18Cl2N4O3S2/c1-26-17(10-30-9-13-5-6-14(21)8-16(13)22)24-25-20(26)31-11-18(27)23-15-4-2-3-12(7-15)19(28)29/h2-8H,9-11H2,1H3,(H,23,27)(H,28,29). The summed E-state index contributed by atoms with van der Waals surface area (Å²) in [5.74, 6) is 0.946. The van der Waals surface area contributed by atoms with Crippen LogP contribution < -0.4 is 5.32 Å². The van der Waals surface area contributed by atoms with Gasteiger partial charge >= 0.3 is 5.97 Å². The number of amides is 1. The summed E-state index contributed by atoms with van der Waals surface area (Å²) in [5.41, 5.74) is 1.54. The van der Waals surface area contributed by atoms with Crippen molar-refractivity contribution in [2.45, 2.75) is 16.7 Å². The van der Waals surface area contributed by atoms with E-state index in [0.717, 1.165) is 11.4 Å². The lowest BCUT2D eigenvalue weighted by Crippen LogP contribution is -2.15. The third kappa shape index (κ3) is 6.64. The fraction of sp³-hybridized carbons (Fsp3) is 0.200. The Morgan fingerprint density at radius 3 is 2.68 bits per heavy atom. The Labute approximate surface area is 197 Å². The number of aromatic carboxylic acids is 1. The van der Waals surface area contributed by atoms with Gasteiger partial charge in [-0.25, -0.2) is 4.79 Å². The van der Waals surface area contributed by atoms with Crippen LogP contribution in [0.15, 0.2) is 47.6 Å². The summed E-state index contributed by atoms with van der Waals surface area (Å²) in [4.78, 5) is 23.2. The van der Waals surface area contributed by atoms with Crippen molar-refractivity contribution in [2.75, 3.05) is 11.1 Å². The Kier molecular flexibility index (Phi) is 8.25. The van der Waals surface area contributed by atoms with Crippen LogP contribution in [0.5, 0.6) is 0 Å². The zero-order chi connectivity index (χ0) is 22.4. The van der Waals surface area contributed by atoms with E-state index in [9.17, 15) is 9.59 Å². The number of aromatic nitrogens is 3. The molecule has 0 fully saturated rings. The highest BCUT2D eigenvalue weighted by Gasteiger charge is 2.13. The van der Waals surface area contributed by atoms with E-state index in [-0.39, 0.29) is 17.2 Å². The molecule has 0 aliphatic rings.